The number of hydrogen-bond donors (Lipinski definition) is 2. The van der Waals surface area contributed by atoms with Gasteiger partial charge in [-0.25, -0.2) is 0 Å². The third-order valence-corrected chi connectivity index (χ3v) is 3.77. The molecule has 0 fully saturated rings. The number of phenols is 1. The smallest absolute Gasteiger partial charge is 0.258 e. The van der Waals surface area contributed by atoms with Gasteiger partial charge >= 0.3 is 0 Å². The molecule has 5 heteroatoms. The van der Waals surface area contributed by atoms with Gasteiger partial charge in [0, 0.05) is 25.7 Å². The second kappa shape index (κ2) is 5.01. The van der Waals surface area contributed by atoms with Gasteiger partial charge in [0.25, 0.3) is 5.91 Å². The SMILES string of the molecule is CN1CCN(C(=O)c2ccc(N)c(O)c2)c2ccccc21. The van der Waals surface area contributed by atoms with Gasteiger partial charge in [-0.1, -0.05) is 12.1 Å². The number of anilines is 3. The van der Waals surface area contributed by atoms with Crippen LogP contribution in [0.3, 0.4) is 0 Å². The minimum absolute atomic E-state index is 0.0664. The number of nitrogens with two attached hydrogens (primary N) is 1. The van der Waals surface area contributed by atoms with E-state index in [1.807, 2.05) is 31.3 Å². The van der Waals surface area contributed by atoms with Crippen LogP contribution < -0.4 is 15.5 Å². The molecule has 0 aliphatic carbocycles. The number of phenolic OH excluding ortho intramolecular Hbond substituents is 1. The lowest BCUT2D eigenvalue weighted by molar-refractivity contribution is 0.0986. The minimum Gasteiger partial charge on any atom is -0.506 e. The molecule has 1 aliphatic rings. The molecule has 0 radical (unpaired) electrons. The van der Waals surface area contributed by atoms with E-state index in [4.69, 9.17) is 5.73 Å². The molecule has 0 spiro atoms. The van der Waals surface area contributed by atoms with Crippen LogP contribution in [0.5, 0.6) is 5.75 Å². The monoisotopic (exact) mass is 283 g/mol. The van der Waals surface area contributed by atoms with E-state index in [-0.39, 0.29) is 17.3 Å². The highest BCUT2D eigenvalue weighted by Gasteiger charge is 2.25. The summed E-state index contributed by atoms with van der Waals surface area (Å²) in [7, 11) is 2.01. The molecular formula is C16H17N3O2. The zero-order valence-electron chi connectivity index (χ0n) is 11.8. The van der Waals surface area contributed by atoms with E-state index in [1.165, 1.54) is 6.07 Å². The molecule has 2 aromatic carbocycles. The Balaban J connectivity index is 1.99. The maximum absolute atomic E-state index is 12.7. The Morgan fingerprint density at radius 1 is 1.14 bits per heavy atom. The number of carbonyl (C=O) groups is 1. The lowest BCUT2D eigenvalue weighted by Crippen LogP contribution is -2.42. The summed E-state index contributed by atoms with van der Waals surface area (Å²) in [5.74, 6) is -0.200. The van der Waals surface area contributed by atoms with Gasteiger partial charge in [0.15, 0.2) is 0 Å². The summed E-state index contributed by atoms with van der Waals surface area (Å²) in [6, 6.07) is 12.4. The van der Waals surface area contributed by atoms with E-state index in [0.717, 1.165) is 17.9 Å². The van der Waals surface area contributed by atoms with Gasteiger partial charge in [-0.3, -0.25) is 4.79 Å². The first-order valence-corrected chi connectivity index (χ1v) is 6.78. The summed E-state index contributed by atoms with van der Waals surface area (Å²) in [4.78, 5) is 16.5. The van der Waals surface area contributed by atoms with Gasteiger partial charge < -0.3 is 20.6 Å². The molecular weight excluding hydrogens is 266 g/mol. The first kappa shape index (κ1) is 13.3. The van der Waals surface area contributed by atoms with Crippen LogP contribution in [-0.2, 0) is 0 Å². The number of likely N-dealkylation sites (N-methyl/N-ethyl adjacent to an activating group) is 1. The molecule has 0 aromatic heterocycles. The molecule has 1 amide bonds. The lowest BCUT2D eigenvalue weighted by Gasteiger charge is -2.35. The lowest BCUT2D eigenvalue weighted by atomic mass is 10.1. The minimum atomic E-state index is -0.133. The van der Waals surface area contributed by atoms with E-state index in [9.17, 15) is 9.90 Å². The molecule has 1 aliphatic heterocycles. The predicted molar refractivity (Wildman–Crippen MR) is 83.9 cm³/mol. The Morgan fingerprint density at radius 3 is 2.57 bits per heavy atom. The summed E-state index contributed by atoms with van der Waals surface area (Å²) < 4.78 is 0. The van der Waals surface area contributed by atoms with Crippen molar-refractivity contribution in [2.24, 2.45) is 0 Å². The number of rotatable bonds is 1. The average molecular weight is 283 g/mol. The van der Waals surface area contributed by atoms with Crippen molar-refractivity contribution in [2.45, 2.75) is 0 Å². The largest absolute Gasteiger partial charge is 0.506 e. The second-order valence-corrected chi connectivity index (χ2v) is 5.14. The van der Waals surface area contributed by atoms with Crippen molar-refractivity contribution >= 4 is 23.0 Å². The number of nitrogens with zero attached hydrogens (tertiary/aromatic N) is 2. The molecule has 3 N–H and O–H groups in total. The van der Waals surface area contributed by atoms with Crippen LogP contribution in [0.15, 0.2) is 42.5 Å². The second-order valence-electron chi connectivity index (χ2n) is 5.14. The third-order valence-electron chi connectivity index (χ3n) is 3.77. The molecule has 1 heterocycles. The molecule has 0 atom stereocenters. The van der Waals surface area contributed by atoms with Gasteiger partial charge in [0.2, 0.25) is 0 Å². The van der Waals surface area contributed by atoms with Crippen LogP contribution in [0.2, 0.25) is 0 Å². The van der Waals surface area contributed by atoms with Crippen LogP contribution in [0.1, 0.15) is 10.4 Å². The van der Waals surface area contributed by atoms with Gasteiger partial charge in [-0.2, -0.15) is 0 Å². The third kappa shape index (κ3) is 2.27. The zero-order valence-corrected chi connectivity index (χ0v) is 11.8. The molecule has 108 valence electrons. The van der Waals surface area contributed by atoms with E-state index in [1.54, 1.807) is 17.0 Å². The van der Waals surface area contributed by atoms with Crippen molar-refractivity contribution in [3.8, 4) is 5.75 Å². The summed E-state index contributed by atoms with van der Waals surface area (Å²) in [6.45, 7) is 1.38. The highest BCUT2D eigenvalue weighted by molar-refractivity contribution is 6.08. The van der Waals surface area contributed by atoms with E-state index in [2.05, 4.69) is 4.90 Å². The van der Waals surface area contributed by atoms with E-state index >= 15 is 0 Å². The fraction of sp³-hybridized carbons (Fsp3) is 0.188. The van der Waals surface area contributed by atoms with Gasteiger partial charge in [-0.05, 0) is 30.3 Å². The summed E-state index contributed by atoms with van der Waals surface area (Å²) in [6.07, 6.45) is 0. The Kier molecular flexibility index (Phi) is 3.17. The molecule has 0 unspecified atom stereocenters. The molecule has 3 rings (SSSR count). The Morgan fingerprint density at radius 2 is 1.86 bits per heavy atom. The van der Waals surface area contributed by atoms with Crippen LogP contribution in [0, 0.1) is 0 Å². The van der Waals surface area contributed by atoms with Crippen LogP contribution in [0.25, 0.3) is 0 Å². The molecule has 0 bridgehead atoms. The van der Waals surface area contributed by atoms with Crippen molar-refractivity contribution in [3.63, 3.8) is 0 Å². The Bertz CT molecular complexity index is 700. The number of hydrogen-bond acceptors (Lipinski definition) is 4. The molecule has 5 nitrogen and oxygen atoms in total. The van der Waals surface area contributed by atoms with Crippen molar-refractivity contribution < 1.29 is 9.90 Å². The van der Waals surface area contributed by atoms with E-state index < -0.39 is 0 Å². The predicted octanol–water partition coefficient (Wildman–Crippen LogP) is 2.07. The normalized spacial score (nSPS) is 14.0. The maximum Gasteiger partial charge on any atom is 0.258 e. The quantitative estimate of drug-likeness (QED) is 0.621. The molecule has 21 heavy (non-hydrogen) atoms. The topological polar surface area (TPSA) is 69.8 Å². The highest BCUT2D eigenvalue weighted by Crippen LogP contribution is 2.33. The Labute approximate surface area is 123 Å². The highest BCUT2D eigenvalue weighted by atomic mass is 16.3. The van der Waals surface area contributed by atoms with Crippen molar-refractivity contribution in [1.82, 2.24) is 0 Å². The number of aromatic hydroxyl groups is 1. The average Bonchev–Trinajstić information content (AvgIpc) is 2.50. The number of benzene rings is 2. The maximum atomic E-state index is 12.7. The van der Waals surface area contributed by atoms with Crippen LogP contribution in [0.4, 0.5) is 17.1 Å². The first-order valence-electron chi connectivity index (χ1n) is 6.78. The zero-order chi connectivity index (χ0) is 15.0. The number of para-hydroxylation sites is 2. The Hall–Kier alpha value is -2.69. The van der Waals surface area contributed by atoms with Gasteiger partial charge in [0.05, 0.1) is 17.1 Å². The van der Waals surface area contributed by atoms with Crippen molar-refractivity contribution in [3.05, 3.63) is 48.0 Å². The summed E-state index contributed by atoms with van der Waals surface area (Å²) >= 11 is 0. The van der Waals surface area contributed by atoms with Crippen LogP contribution >= 0.6 is 0 Å². The van der Waals surface area contributed by atoms with Gasteiger partial charge in [0.1, 0.15) is 5.75 Å². The summed E-state index contributed by atoms with van der Waals surface area (Å²) in [5, 5.41) is 9.68. The molecule has 2 aromatic rings. The fourth-order valence-electron chi connectivity index (χ4n) is 2.55. The van der Waals surface area contributed by atoms with E-state index in [0.29, 0.717) is 12.1 Å². The number of nitrogen functional groups attached to an aromatic ring is 1. The van der Waals surface area contributed by atoms with Crippen molar-refractivity contribution in [2.75, 3.05) is 35.7 Å². The van der Waals surface area contributed by atoms with Crippen LogP contribution in [-0.4, -0.2) is 31.2 Å². The number of amides is 1. The first-order chi connectivity index (χ1) is 10.1. The molecule has 0 saturated carbocycles. The number of fused-ring (bicyclic) bond motifs is 1. The fourth-order valence-corrected chi connectivity index (χ4v) is 2.55. The summed E-state index contributed by atoms with van der Waals surface area (Å²) in [5.41, 5.74) is 8.19. The molecule has 0 saturated heterocycles. The van der Waals surface area contributed by atoms with Gasteiger partial charge in [-0.15, -0.1) is 0 Å². The van der Waals surface area contributed by atoms with Crippen molar-refractivity contribution in [1.29, 1.82) is 0 Å². The number of carbonyl (C=O) groups excluding carboxylic acids is 1. The standard InChI is InChI=1S/C16H17N3O2/c1-18-8-9-19(14-5-3-2-4-13(14)18)16(21)11-6-7-12(17)15(20)10-11/h2-7,10,20H,8-9,17H2,1H3.